The Morgan fingerprint density at radius 3 is 2.63 bits per heavy atom. The highest BCUT2D eigenvalue weighted by atomic mass is 16.5. The molecule has 0 saturated heterocycles. The molecule has 0 spiro atoms. The van der Waals surface area contributed by atoms with Gasteiger partial charge in [-0.1, -0.05) is 13.8 Å². The van der Waals surface area contributed by atoms with Crippen LogP contribution in [0.1, 0.15) is 67.4 Å². The van der Waals surface area contributed by atoms with Gasteiger partial charge in [0.1, 0.15) is 5.56 Å². The highest BCUT2D eigenvalue weighted by Crippen LogP contribution is 2.59. The quantitative estimate of drug-likeness (QED) is 0.788. The number of carboxylic acids is 1. The molecule has 2 aliphatic carbocycles. The first-order chi connectivity index (χ1) is 14.3. The van der Waals surface area contributed by atoms with Crippen LogP contribution in [0.2, 0.25) is 0 Å². The summed E-state index contributed by atoms with van der Waals surface area (Å²) in [6.45, 7) is 5.14. The van der Waals surface area contributed by atoms with E-state index >= 15 is 0 Å². The number of rotatable bonds is 5. The summed E-state index contributed by atoms with van der Waals surface area (Å²) in [5, 5.41) is 9.51. The van der Waals surface area contributed by atoms with Crippen molar-refractivity contribution in [3.8, 4) is 22.8 Å². The summed E-state index contributed by atoms with van der Waals surface area (Å²) in [5.41, 5.74) is 2.18. The van der Waals surface area contributed by atoms with Crippen LogP contribution in [-0.2, 0) is 0 Å². The van der Waals surface area contributed by atoms with Gasteiger partial charge in [0.15, 0.2) is 16.9 Å². The van der Waals surface area contributed by atoms with E-state index in [-0.39, 0.29) is 22.9 Å². The van der Waals surface area contributed by atoms with Gasteiger partial charge in [-0.25, -0.2) is 4.79 Å². The summed E-state index contributed by atoms with van der Waals surface area (Å²) >= 11 is 0. The molecule has 30 heavy (non-hydrogen) atoms. The second-order valence-corrected chi connectivity index (χ2v) is 9.57. The Balaban J connectivity index is 1.72. The van der Waals surface area contributed by atoms with E-state index in [1.807, 2.05) is 10.6 Å². The molecule has 6 nitrogen and oxygen atoms in total. The molecule has 2 saturated carbocycles. The van der Waals surface area contributed by atoms with Crippen molar-refractivity contribution in [2.24, 2.45) is 11.3 Å². The number of aromatic nitrogens is 1. The smallest absolute Gasteiger partial charge is 0.341 e. The summed E-state index contributed by atoms with van der Waals surface area (Å²) < 4.78 is 13.7. The van der Waals surface area contributed by atoms with Gasteiger partial charge < -0.3 is 19.1 Å². The first-order valence-corrected chi connectivity index (χ1v) is 10.6. The first kappa shape index (κ1) is 19.2. The van der Waals surface area contributed by atoms with Crippen molar-refractivity contribution in [2.75, 3.05) is 13.7 Å². The van der Waals surface area contributed by atoms with Crippen LogP contribution in [0.5, 0.6) is 11.5 Å². The minimum Gasteiger partial charge on any atom is -0.493 e. The van der Waals surface area contributed by atoms with Crippen LogP contribution in [0.3, 0.4) is 0 Å². The van der Waals surface area contributed by atoms with E-state index in [2.05, 4.69) is 19.9 Å². The number of hydrogen-bond acceptors (Lipinski definition) is 4. The zero-order valence-electron chi connectivity index (χ0n) is 17.6. The van der Waals surface area contributed by atoms with Crippen LogP contribution >= 0.6 is 0 Å². The SMILES string of the molecule is COc1cc2c(cc1OCC1CC1)[C@@H]1CCC(C)(C)[C@@H]1n1cc(C(=O)O)c(=O)cc1-2. The molecule has 1 N–H and O–H groups in total. The summed E-state index contributed by atoms with van der Waals surface area (Å²) in [4.78, 5) is 24.2. The largest absolute Gasteiger partial charge is 0.493 e. The molecule has 2 fully saturated rings. The summed E-state index contributed by atoms with van der Waals surface area (Å²) in [7, 11) is 1.62. The lowest BCUT2D eigenvalue weighted by Gasteiger charge is -2.40. The van der Waals surface area contributed by atoms with Crippen LogP contribution < -0.4 is 14.9 Å². The zero-order chi connectivity index (χ0) is 21.2. The van der Waals surface area contributed by atoms with Crippen molar-refractivity contribution in [1.29, 1.82) is 0 Å². The second kappa shape index (κ2) is 6.62. The standard InChI is InChI=1S/C24H27NO5/c1-24(2)7-6-14-15-8-21(30-12-13-4-5-13)20(29-3)9-16(15)18-10-19(26)17(23(27)28)11-25(18)22(14)24/h8-11,13-14,22H,4-7,12H2,1-3H3,(H,27,28)/t14-,22+/m0/s1. The fourth-order valence-corrected chi connectivity index (χ4v) is 5.30. The predicted octanol–water partition coefficient (Wildman–Crippen LogP) is 4.47. The molecule has 0 radical (unpaired) electrons. The van der Waals surface area contributed by atoms with Gasteiger partial charge in [0.25, 0.3) is 0 Å². The van der Waals surface area contributed by atoms with E-state index in [0.29, 0.717) is 18.3 Å². The van der Waals surface area contributed by atoms with Gasteiger partial charge >= 0.3 is 5.97 Å². The monoisotopic (exact) mass is 409 g/mol. The van der Waals surface area contributed by atoms with E-state index in [1.54, 1.807) is 7.11 Å². The molecule has 1 aliphatic heterocycles. The minimum atomic E-state index is -1.19. The number of aromatic carboxylic acids is 1. The highest BCUT2D eigenvalue weighted by Gasteiger charge is 2.47. The Labute approximate surface area is 175 Å². The fourth-order valence-electron chi connectivity index (χ4n) is 5.30. The molecule has 2 heterocycles. The molecule has 158 valence electrons. The molecule has 0 unspecified atom stereocenters. The molecule has 2 aromatic rings. The third kappa shape index (κ3) is 2.92. The van der Waals surface area contributed by atoms with Gasteiger partial charge in [0.05, 0.1) is 19.4 Å². The molecule has 0 amide bonds. The number of methoxy groups -OCH3 is 1. The summed E-state index contributed by atoms with van der Waals surface area (Å²) in [6.07, 6.45) is 6.01. The summed E-state index contributed by atoms with van der Waals surface area (Å²) in [5.74, 6) is 1.09. The van der Waals surface area contributed by atoms with Crippen molar-refractivity contribution >= 4 is 5.97 Å². The topological polar surface area (TPSA) is 77.8 Å². The summed E-state index contributed by atoms with van der Waals surface area (Å²) in [6, 6.07) is 5.60. The van der Waals surface area contributed by atoms with E-state index in [4.69, 9.17) is 9.47 Å². The highest BCUT2D eigenvalue weighted by molar-refractivity contribution is 5.88. The van der Waals surface area contributed by atoms with Gasteiger partial charge in [-0.05, 0) is 54.7 Å². The number of ether oxygens (including phenoxy) is 2. The molecule has 1 aromatic heterocycles. The Hall–Kier alpha value is -2.76. The first-order valence-electron chi connectivity index (χ1n) is 10.6. The van der Waals surface area contributed by atoms with Gasteiger partial charge in [0.2, 0.25) is 0 Å². The fraction of sp³-hybridized carbons (Fsp3) is 0.500. The average molecular weight is 409 g/mol. The van der Waals surface area contributed by atoms with Crippen LogP contribution in [-0.4, -0.2) is 29.4 Å². The molecule has 2 atom stereocenters. The lowest BCUT2D eigenvalue weighted by Crippen LogP contribution is -2.32. The van der Waals surface area contributed by atoms with Gasteiger partial charge in [-0.15, -0.1) is 0 Å². The Morgan fingerprint density at radius 1 is 1.20 bits per heavy atom. The number of fused-ring (bicyclic) bond motifs is 6. The number of hydrogen-bond donors (Lipinski definition) is 1. The van der Waals surface area contributed by atoms with E-state index in [9.17, 15) is 14.7 Å². The molecule has 6 heteroatoms. The van der Waals surface area contributed by atoms with Crippen molar-refractivity contribution in [3.63, 3.8) is 0 Å². The van der Waals surface area contributed by atoms with Crippen molar-refractivity contribution in [2.45, 2.75) is 51.5 Å². The van der Waals surface area contributed by atoms with Crippen LogP contribution in [0.15, 0.2) is 29.2 Å². The van der Waals surface area contributed by atoms with Gasteiger partial charge in [-0.2, -0.15) is 0 Å². The van der Waals surface area contributed by atoms with E-state index < -0.39 is 11.4 Å². The van der Waals surface area contributed by atoms with Crippen LogP contribution in [0.4, 0.5) is 0 Å². The molecule has 5 rings (SSSR count). The molecular weight excluding hydrogens is 382 g/mol. The maximum atomic E-state index is 12.6. The average Bonchev–Trinajstić information content (AvgIpc) is 3.48. The Morgan fingerprint density at radius 2 is 1.97 bits per heavy atom. The molecule has 0 bridgehead atoms. The van der Waals surface area contributed by atoms with Crippen LogP contribution in [0.25, 0.3) is 11.3 Å². The molecule has 3 aliphatic rings. The third-order valence-corrected chi connectivity index (χ3v) is 7.07. The van der Waals surface area contributed by atoms with Gasteiger partial charge in [0, 0.05) is 29.8 Å². The van der Waals surface area contributed by atoms with Crippen molar-refractivity contribution < 1.29 is 19.4 Å². The minimum absolute atomic E-state index is 0.0170. The van der Waals surface area contributed by atoms with Gasteiger partial charge in [-0.3, -0.25) is 4.79 Å². The molecular formula is C24H27NO5. The number of pyridine rings is 1. The second-order valence-electron chi connectivity index (χ2n) is 9.57. The number of benzene rings is 1. The predicted molar refractivity (Wildman–Crippen MR) is 113 cm³/mol. The van der Waals surface area contributed by atoms with E-state index in [1.165, 1.54) is 30.7 Å². The Kier molecular flexibility index (Phi) is 4.24. The third-order valence-electron chi connectivity index (χ3n) is 7.07. The van der Waals surface area contributed by atoms with E-state index in [0.717, 1.165) is 29.8 Å². The lowest BCUT2D eigenvalue weighted by molar-refractivity contribution is 0.0693. The van der Waals surface area contributed by atoms with Crippen LogP contribution in [0, 0.1) is 11.3 Å². The normalized spacial score (nSPS) is 23.3. The van der Waals surface area contributed by atoms with Crippen molar-refractivity contribution in [1.82, 2.24) is 4.57 Å². The number of nitrogens with zero attached hydrogens (tertiary/aromatic N) is 1. The maximum Gasteiger partial charge on any atom is 0.341 e. The maximum absolute atomic E-state index is 12.6. The molecule has 1 aromatic carbocycles. The van der Waals surface area contributed by atoms with Crippen molar-refractivity contribution in [3.05, 3.63) is 45.7 Å². The number of carbonyl (C=O) groups is 1. The zero-order valence-corrected chi connectivity index (χ0v) is 17.6. The lowest BCUT2D eigenvalue weighted by atomic mass is 9.77. The Bertz CT molecular complexity index is 1100. The number of carboxylic acid groups (broad SMARTS) is 1.